The molecule has 0 aromatic heterocycles. The third-order valence-electron chi connectivity index (χ3n) is 7.08. The van der Waals surface area contributed by atoms with Gasteiger partial charge in [-0.3, -0.25) is 0 Å². The third-order valence-corrected chi connectivity index (χ3v) is 7.08. The highest BCUT2D eigenvalue weighted by Gasteiger charge is 2.46. The molecule has 1 aliphatic carbocycles. The minimum absolute atomic E-state index is 0.683. The van der Waals surface area contributed by atoms with Crippen molar-refractivity contribution < 1.29 is 0 Å². The lowest BCUT2D eigenvalue weighted by Crippen LogP contribution is -2.46. The van der Waals surface area contributed by atoms with E-state index in [-0.39, 0.29) is 0 Å². The maximum atomic E-state index is 2.74. The van der Waals surface area contributed by atoms with Crippen LogP contribution in [-0.4, -0.2) is 36.2 Å². The summed E-state index contributed by atoms with van der Waals surface area (Å²) in [5.74, 6) is 0. The molecule has 0 unspecified atom stereocenters. The molecular weight excluding hydrogens is 268 g/mol. The Balaban J connectivity index is 1.56. The number of piperidine rings is 1. The summed E-state index contributed by atoms with van der Waals surface area (Å²) < 4.78 is 0. The molecule has 2 heteroatoms. The molecule has 0 atom stereocenters. The van der Waals surface area contributed by atoms with Gasteiger partial charge in [0, 0.05) is 26.2 Å². The van der Waals surface area contributed by atoms with Gasteiger partial charge in [0.2, 0.25) is 0 Å². The van der Waals surface area contributed by atoms with E-state index >= 15 is 0 Å². The smallest absolute Gasteiger partial charge is 0.0190 e. The van der Waals surface area contributed by atoms with Gasteiger partial charge in [-0.25, -0.2) is 10.0 Å². The number of hydrogen-bond acceptors (Lipinski definition) is 2. The molecule has 1 saturated carbocycles. The second kappa shape index (κ2) is 7.21. The number of hydrogen-bond donors (Lipinski definition) is 0. The van der Waals surface area contributed by atoms with Crippen LogP contribution in [0.1, 0.15) is 90.9 Å². The minimum Gasteiger partial charge on any atom is -0.242 e. The second-order valence-electron chi connectivity index (χ2n) is 8.65. The van der Waals surface area contributed by atoms with Crippen LogP contribution < -0.4 is 0 Å². The molecule has 0 N–H and O–H groups in total. The summed E-state index contributed by atoms with van der Waals surface area (Å²) in [5, 5.41) is 5.43. The average Bonchev–Trinajstić information content (AvgIpc) is 2.97. The Bertz CT molecular complexity index is 330. The quantitative estimate of drug-likeness (QED) is 0.685. The zero-order valence-corrected chi connectivity index (χ0v) is 15.2. The van der Waals surface area contributed by atoms with Crippen molar-refractivity contribution in [2.75, 3.05) is 26.2 Å². The molecular formula is C20H38N2. The van der Waals surface area contributed by atoms with Gasteiger partial charge in [0.1, 0.15) is 0 Å². The van der Waals surface area contributed by atoms with Gasteiger partial charge >= 0.3 is 0 Å². The van der Waals surface area contributed by atoms with Crippen molar-refractivity contribution in [3.8, 4) is 0 Å². The number of hydrazine groups is 1. The SMILES string of the molecule is CCCC1(CCC)CCC2(CCN(N3CCCCC3)C2)CC1. The van der Waals surface area contributed by atoms with Crippen LogP contribution in [0.15, 0.2) is 0 Å². The van der Waals surface area contributed by atoms with Crippen molar-refractivity contribution in [2.45, 2.75) is 90.9 Å². The van der Waals surface area contributed by atoms with Gasteiger partial charge in [-0.15, -0.1) is 0 Å². The van der Waals surface area contributed by atoms with Crippen LogP contribution >= 0.6 is 0 Å². The molecule has 3 fully saturated rings. The normalized spacial score (nSPS) is 29.2. The van der Waals surface area contributed by atoms with Crippen LogP contribution in [0.3, 0.4) is 0 Å². The predicted octanol–water partition coefficient (Wildman–Crippen LogP) is 5.24. The van der Waals surface area contributed by atoms with Gasteiger partial charge in [-0.2, -0.15) is 0 Å². The number of nitrogens with zero attached hydrogens (tertiary/aromatic N) is 2. The Morgan fingerprint density at radius 3 is 1.91 bits per heavy atom. The Kier molecular flexibility index (Phi) is 5.50. The second-order valence-corrected chi connectivity index (χ2v) is 8.65. The molecule has 2 nitrogen and oxygen atoms in total. The van der Waals surface area contributed by atoms with Crippen LogP contribution in [0.5, 0.6) is 0 Å². The molecule has 3 rings (SSSR count). The van der Waals surface area contributed by atoms with Gasteiger partial charge < -0.3 is 0 Å². The van der Waals surface area contributed by atoms with Gasteiger partial charge in [0.05, 0.1) is 0 Å². The molecule has 2 heterocycles. The number of rotatable bonds is 5. The van der Waals surface area contributed by atoms with Crippen molar-refractivity contribution in [1.29, 1.82) is 0 Å². The topological polar surface area (TPSA) is 6.48 Å². The fourth-order valence-corrected chi connectivity index (χ4v) is 5.72. The Morgan fingerprint density at radius 1 is 0.682 bits per heavy atom. The molecule has 0 radical (unpaired) electrons. The molecule has 128 valence electrons. The Hall–Kier alpha value is -0.0800. The third kappa shape index (κ3) is 3.53. The van der Waals surface area contributed by atoms with Gasteiger partial charge in [-0.05, 0) is 68.6 Å². The first-order valence-corrected chi connectivity index (χ1v) is 10.2. The lowest BCUT2D eigenvalue weighted by Gasteiger charge is -2.46. The molecule has 22 heavy (non-hydrogen) atoms. The van der Waals surface area contributed by atoms with E-state index in [1.54, 1.807) is 0 Å². The lowest BCUT2D eigenvalue weighted by atomic mass is 9.60. The van der Waals surface area contributed by atoms with E-state index < -0.39 is 0 Å². The molecule has 0 bridgehead atoms. The van der Waals surface area contributed by atoms with E-state index in [4.69, 9.17) is 0 Å². The van der Waals surface area contributed by atoms with E-state index in [0.29, 0.717) is 10.8 Å². The summed E-state index contributed by atoms with van der Waals surface area (Å²) in [4.78, 5) is 0. The Labute approximate surface area is 138 Å². The van der Waals surface area contributed by atoms with Crippen LogP contribution in [0.4, 0.5) is 0 Å². The fraction of sp³-hybridized carbons (Fsp3) is 1.00. The highest BCUT2D eigenvalue weighted by molar-refractivity contribution is 4.97. The lowest BCUT2D eigenvalue weighted by molar-refractivity contribution is -0.0366. The first-order chi connectivity index (χ1) is 10.7. The summed E-state index contributed by atoms with van der Waals surface area (Å²) in [6.07, 6.45) is 17.5. The van der Waals surface area contributed by atoms with E-state index in [1.165, 1.54) is 103 Å². The minimum atomic E-state index is 0.683. The summed E-state index contributed by atoms with van der Waals surface area (Å²) in [6, 6.07) is 0. The maximum Gasteiger partial charge on any atom is 0.0190 e. The van der Waals surface area contributed by atoms with E-state index in [9.17, 15) is 0 Å². The van der Waals surface area contributed by atoms with Crippen molar-refractivity contribution in [1.82, 2.24) is 10.0 Å². The molecule has 3 aliphatic rings. The standard InChI is InChI=1S/C20H38N2/c1-3-8-19(9-4-2)10-12-20(13-11-19)14-17-22(18-20)21-15-6-5-7-16-21/h3-18H2,1-2H3. The van der Waals surface area contributed by atoms with Crippen molar-refractivity contribution in [3.63, 3.8) is 0 Å². The fourth-order valence-electron chi connectivity index (χ4n) is 5.72. The van der Waals surface area contributed by atoms with Gasteiger partial charge in [0.15, 0.2) is 0 Å². The summed E-state index contributed by atoms with van der Waals surface area (Å²) in [6.45, 7) is 10.1. The predicted molar refractivity (Wildman–Crippen MR) is 94.8 cm³/mol. The first kappa shape index (κ1) is 16.8. The highest BCUT2D eigenvalue weighted by Crippen LogP contribution is 2.53. The monoisotopic (exact) mass is 306 g/mol. The van der Waals surface area contributed by atoms with Crippen LogP contribution in [0.25, 0.3) is 0 Å². The molecule has 0 aromatic carbocycles. The van der Waals surface area contributed by atoms with E-state index in [1.807, 2.05) is 0 Å². The molecule has 0 aromatic rings. The summed E-state index contributed by atoms with van der Waals surface area (Å²) in [5.41, 5.74) is 1.40. The zero-order chi connectivity index (χ0) is 15.5. The van der Waals surface area contributed by atoms with E-state index in [2.05, 4.69) is 23.9 Å². The molecule has 1 spiro atoms. The maximum absolute atomic E-state index is 2.74. The summed E-state index contributed by atoms with van der Waals surface area (Å²) >= 11 is 0. The largest absolute Gasteiger partial charge is 0.242 e. The van der Waals surface area contributed by atoms with Crippen molar-refractivity contribution >= 4 is 0 Å². The van der Waals surface area contributed by atoms with Gasteiger partial charge in [-0.1, -0.05) is 33.1 Å². The molecule has 2 saturated heterocycles. The first-order valence-electron chi connectivity index (χ1n) is 10.2. The van der Waals surface area contributed by atoms with Crippen molar-refractivity contribution in [3.05, 3.63) is 0 Å². The van der Waals surface area contributed by atoms with Crippen LogP contribution in [0.2, 0.25) is 0 Å². The Morgan fingerprint density at radius 2 is 1.32 bits per heavy atom. The van der Waals surface area contributed by atoms with Crippen LogP contribution in [0, 0.1) is 10.8 Å². The highest BCUT2D eigenvalue weighted by atomic mass is 15.6. The van der Waals surface area contributed by atoms with E-state index in [0.717, 1.165) is 0 Å². The van der Waals surface area contributed by atoms with Gasteiger partial charge in [0.25, 0.3) is 0 Å². The van der Waals surface area contributed by atoms with Crippen LogP contribution in [-0.2, 0) is 0 Å². The average molecular weight is 307 g/mol. The zero-order valence-electron chi connectivity index (χ0n) is 15.2. The molecule has 0 amide bonds. The molecule has 2 aliphatic heterocycles. The van der Waals surface area contributed by atoms with Crippen molar-refractivity contribution in [2.24, 2.45) is 10.8 Å². The summed E-state index contributed by atoms with van der Waals surface area (Å²) in [7, 11) is 0.